The molecule has 5 heteroatoms. The van der Waals surface area contributed by atoms with Crippen LogP contribution < -0.4 is 0 Å². The average Bonchev–Trinajstić information content (AvgIpc) is 2.18. The molecule has 5 nitrogen and oxygen atoms in total. The fourth-order valence-corrected chi connectivity index (χ4v) is 1.30. The van der Waals surface area contributed by atoms with E-state index >= 15 is 0 Å². The summed E-state index contributed by atoms with van der Waals surface area (Å²) in [6, 6.07) is 5.55. The standard InChI is InChI=1S/C10H11NO4/c1-7(11(14)15)6-8-4-2-3-5-9(8)10(12)13/h2-5,7H,6H2,1H3,(H,12,13). The highest BCUT2D eigenvalue weighted by molar-refractivity contribution is 5.89. The molecule has 0 saturated heterocycles. The summed E-state index contributed by atoms with van der Waals surface area (Å²) in [6.07, 6.45) is 0.134. The number of hydrogen-bond donors (Lipinski definition) is 1. The summed E-state index contributed by atoms with van der Waals surface area (Å²) < 4.78 is 0. The smallest absolute Gasteiger partial charge is 0.335 e. The van der Waals surface area contributed by atoms with Crippen LogP contribution in [0.2, 0.25) is 0 Å². The number of carboxylic acid groups (broad SMARTS) is 1. The van der Waals surface area contributed by atoms with Crippen molar-refractivity contribution in [3.05, 3.63) is 45.5 Å². The van der Waals surface area contributed by atoms with Crippen molar-refractivity contribution >= 4 is 5.97 Å². The Morgan fingerprint density at radius 1 is 1.53 bits per heavy atom. The van der Waals surface area contributed by atoms with Crippen molar-refractivity contribution in [2.75, 3.05) is 0 Å². The molecule has 0 aliphatic heterocycles. The quantitative estimate of drug-likeness (QED) is 0.603. The van der Waals surface area contributed by atoms with Crippen LogP contribution in [-0.4, -0.2) is 22.0 Å². The molecule has 80 valence electrons. The van der Waals surface area contributed by atoms with Crippen LogP contribution in [0.25, 0.3) is 0 Å². The van der Waals surface area contributed by atoms with Gasteiger partial charge in [-0.05, 0) is 11.6 Å². The monoisotopic (exact) mass is 209 g/mol. The van der Waals surface area contributed by atoms with E-state index in [0.717, 1.165) is 0 Å². The van der Waals surface area contributed by atoms with Gasteiger partial charge in [-0.2, -0.15) is 0 Å². The van der Waals surface area contributed by atoms with Gasteiger partial charge in [0.15, 0.2) is 0 Å². The minimum atomic E-state index is -1.05. The number of carbonyl (C=O) groups is 1. The van der Waals surface area contributed by atoms with Crippen LogP contribution in [0.5, 0.6) is 0 Å². The average molecular weight is 209 g/mol. The van der Waals surface area contributed by atoms with Gasteiger partial charge in [0.05, 0.1) is 5.56 Å². The van der Waals surface area contributed by atoms with Crippen LogP contribution in [0.1, 0.15) is 22.8 Å². The molecule has 1 aromatic rings. The van der Waals surface area contributed by atoms with E-state index in [2.05, 4.69) is 0 Å². The normalized spacial score (nSPS) is 12.1. The maximum atomic E-state index is 10.8. The van der Waals surface area contributed by atoms with Crippen LogP contribution in [0.3, 0.4) is 0 Å². The molecule has 0 heterocycles. The van der Waals surface area contributed by atoms with E-state index in [1.807, 2.05) is 0 Å². The third-order valence-corrected chi connectivity index (χ3v) is 2.12. The van der Waals surface area contributed by atoms with Gasteiger partial charge in [0.25, 0.3) is 0 Å². The highest BCUT2D eigenvalue weighted by Crippen LogP contribution is 2.12. The molecule has 1 N–H and O–H groups in total. The van der Waals surface area contributed by atoms with Gasteiger partial charge in [-0.1, -0.05) is 18.2 Å². The lowest BCUT2D eigenvalue weighted by atomic mass is 10.0. The summed E-state index contributed by atoms with van der Waals surface area (Å²) in [5, 5.41) is 19.3. The molecular formula is C10H11NO4. The molecule has 1 aromatic carbocycles. The Hall–Kier alpha value is -1.91. The molecule has 0 fully saturated rings. The zero-order chi connectivity index (χ0) is 11.4. The van der Waals surface area contributed by atoms with Crippen LogP contribution in [0.15, 0.2) is 24.3 Å². The lowest BCUT2D eigenvalue weighted by Gasteiger charge is -2.06. The number of rotatable bonds is 4. The molecule has 0 aromatic heterocycles. The van der Waals surface area contributed by atoms with Crippen LogP contribution in [0, 0.1) is 10.1 Å². The third kappa shape index (κ3) is 2.77. The molecule has 1 atom stereocenters. The molecular weight excluding hydrogens is 198 g/mol. The van der Waals surface area contributed by atoms with Crippen molar-refractivity contribution in [1.82, 2.24) is 0 Å². The van der Waals surface area contributed by atoms with Gasteiger partial charge < -0.3 is 5.11 Å². The van der Waals surface area contributed by atoms with Gasteiger partial charge in [-0.25, -0.2) is 4.79 Å². The predicted molar refractivity (Wildman–Crippen MR) is 53.6 cm³/mol. The van der Waals surface area contributed by atoms with E-state index in [9.17, 15) is 14.9 Å². The zero-order valence-corrected chi connectivity index (χ0v) is 8.21. The second-order valence-electron chi connectivity index (χ2n) is 3.30. The van der Waals surface area contributed by atoms with Crippen LogP contribution in [-0.2, 0) is 6.42 Å². The number of carboxylic acids is 1. The maximum absolute atomic E-state index is 10.8. The number of nitro groups is 1. The van der Waals surface area contributed by atoms with Crippen LogP contribution in [0.4, 0.5) is 0 Å². The molecule has 15 heavy (non-hydrogen) atoms. The van der Waals surface area contributed by atoms with Crippen molar-refractivity contribution < 1.29 is 14.8 Å². The van der Waals surface area contributed by atoms with E-state index in [4.69, 9.17) is 5.11 Å². The van der Waals surface area contributed by atoms with E-state index in [1.165, 1.54) is 13.0 Å². The zero-order valence-electron chi connectivity index (χ0n) is 8.21. The van der Waals surface area contributed by atoms with Gasteiger partial charge in [0.1, 0.15) is 0 Å². The Bertz CT molecular complexity index is 389. The minimum Gasteiger partial charge on any atom is -0.478 e. The number of hydrogen-bond acceptors (Lipinski definition) is 3. The van der Waals surface area contributed by atoms with Crippen molar-refractivity contribution in [2.45, 2.75) is 19.4 Å². The highest BCUT2D eigenvalue weighted by atomic mass is 16.6. The molecule has 0 saturated carbocycles. The Balaban J connectivity index is 2.94. The predicted octanol–water partition coefficient (Wildman–Crippen LogP) is 1.59. The van der Waals surface area contributed by atoms with Crippen LogP contribution >= 0.6 is 0 Å². The topological polar surface area (TPSA) is 80.4 Å². The maximum Gasteiger partial charge on any atom is 0.335 e. The third-order valence-electron chi connectivity index (χ3n) is 2.12. The fourth-order valence-electron chi connectivity index (χ4n) is 1.30. The second kappa shape index (κ2) is 4.54. The van der Waals surface area contributed by atoms with Crippen molar-refractivity contribution in [2.24, 2.45) is 0 Å². The Labute approximate surface area is 86.5 Å². The van der Waals surface area contributed by atoms with Crippen molar-refractivity contribution in [3.8, 4) is 0 Å². The van der Waals surface area contributed by atoms with E-state index in [1.54, 1.807) is 18.2 Å². The SMILES string of the molecule is CC(Cc1ccccc1C(=O)O)[N+](=O)[O-]. The lowest BCUT2D eigenvalue weighted by Crippen LogP contribution is -2.19. The largest absolute Gasteiger partial charge is 0.478 e. The summed E-state index contributed by atoms with van der Waals surface area (Å²) >= 11 is 0. The summed E-state index contributed by atoms with van der Waals surface area (Å²) in [7, 11) is 0. The summed E-state index contributed by atoms with van der Waals surface area (Å²) in [4.78, 5) is 20.8. The van der Waals surface area contributed by atoms with Gasteiger partial charge >= 0.3 is 5.97 Å². The first-order valence-corrected chi connectivity index (χ1v) is 4.47. The summed E-state index contributed by atoms with van der Waals surface area (Å²) in [5.41, 5.74) is 0.625. The molecule has 1 unspecified atom stereocenters. The van der Waals surface area contributed by atoms with Gasteiger partial charge in [-0.15, -0.1) is 0 Å². The molecule has 0 amide bonds. The summed E-state index contributed by atoms with van der Waals surface area (Å²) in [5.74, 6) is -1.05. The Morgan fingerprint density at radius 2 is 2.13 bits per heavy atom. The van der Waals surface area contributed by atoms with Crippen molar-refractivity contribution in [3.63, 3.8) is 0 Å². The first-order valence-electron chi connectivity index (χ1n) is 4.47. The first kappa shape index (κ1) is 11.2. The van der Waals surface area contributed by atoms with Gasteiger partial charge in [-0.3, -0.25) is 10.1 Å². The second-order valence-corrected chi connectivity index (χ2v) is 3.30. The van der Waals surface area contributed by atoms with E-state index in [-0.39, 0.29) is 12.0 Å². The van der Waals surface area contributed by atoms with Gasteiger partial charge in [0.2, 0.25) is 6.04 Å². The number of aromatic carboxylic acids is 1. The number of nitrogens with zero attached hydrogens (tertiary/aromatic N) is 1. The molecule has 0 radical (unpaired) electrons. The fraction of sp³-hybridized carbons (Fsp3) is 0.300. The Kier molecular flexibility index (Phi) is 3.38. The number of benzene rings is 1. The van der Waals surface area contributed by atoms with E-state index in [0.29, 0.717) is 5.56 Å². The molecule has 1 rings (SSSR count). The molecule has 0 bridgehead atoms. The molecule has 0 spiro atoms. The highest BCUT2D eigenvalue weighted by Gasteiger charge is 2.17. The summed E-state index contributed by atoms with van der Waals surface area (Å²) in [6.45, 7) is 1.46. The van der Waals surface area contributed by atoms with Crippen molar-refractivity contribution in [1.29, 1.82) is 0 Å². The van der Waals surface area contributed by atoms with Gasteiger partial charge in [0, 0.05) is 18.3 Å². The first-order chi connectivity index (χ1) is 7.02. The molecule has 0 aliphatic rings. The Morgan fingerprint density at radius 3 is 2.67 bits per heavy atom. The molecule has 0 aliphatic carbocycles. The van der Waals surface area contributed by atoms with E-state index < -0.39 is 16.9 Å². The lowest BCUT2D eigenvalue weighted by molar-refractivity contribution is -0.517. The minimum absolute atomic E-state index is 0.131.